The van der Waals surface area contributed by atoms with Crippen molar-refractivity contribution < 1.29 is 9.53 Å². The molecular weight excluding hydrogens is 228 g/mol. The number of ether oxygens (including phenoxy) is 1. The normalized spacial score (nSPS) is 18.6. The van der Waals surface area contributed by atoms with Crippen molar-refractivity contribution in [1.29, 1.82) is 0 Å². The van der Waals surface area contributed by atoms with E-state index in [9.17, 15) is 4.79 Å². The van der Waals surface area contributed by atoms with Crippen molar-refractivity contribution in [3.63, 3.8) is 0 Å². The molecular formula is C14H20N2O2. The van der Waals surface area contributed by atoms with Gasteiger partial charge in [0.15, 0.2) is 0 Å². The third-order valence-corrected chi connectivity index (χ3v) is 2.95. The number of hydrogen-bond acceptors (Lipinski definition) is 2. The largest absolute Gasteiger partial charge is 0.489 e. The molecule has 0 aliphatic carbocycles. The van der Waals surface area contributed by atoms with Crippen molar-refractivity contribution in [2.75, 3.05) is 13.1 Å². The number of amides is 2. The summed E-state index contributed by atoms with van der Waals surface area (Å²) < 4.78 is 5.82. The lowest BCUT2D eigenvalue weighted by atomic mass is 10.2. The maximum Gasteiger partial charge on any atom is 0.317 e. The van der Waals surface area contributed by atoms with Crippen molar-refractivity contribution in [2.24, 2.45) is 0 Å². The molecule has 0 saturated heterocycles. The van der Waals surface area contributed by atoms with E-state index < -0.39 is 0 Å². The van der Waals surface area contributed by atoms with Gasteiger partial charge in [-0.2, -0.15) is 0 Å². The zero-order valence-corrected chi connectivity index (χ0v) is 11.0. The lowest BCUT2D eigenvalue weighted by Gasteiger charge is -2.22. The summed E-state index contributed by atoms with van der Waals surface area (Å²) in [7, 11) is 0. The van der Waals surface area contributed by atoms with Gasteiger partial charge in [0, 0.05) is 12.1 Å². The number of hydrogen-bond donors (Lipinski definition) is 1. The van der Waals surface area contributed by atoms with Gasteiger partial charge in [0.2, 0.25) is 0 Å². The first-order chi connectivity index (χ1) is 8.70. The number of nitrogens with zero attached hydrogens (tertiary/aromatic N) is 1. The fraction of sp³-hybridized carbons (Fsp3) is 0.500. The summed E-state index contributed by atoms with van der Waals surface area (Å²) in [6.07, 6.45) is 0.961. The van der Waals surface area contributed by atoms with E-state index in [-0.39, 0.29) is 12.1 Å². The highest BCUT2D eigenvalue weighted by molar-refractivity contribution is 5.74. The Labute approximate surface area is 108 Å². The summed E-state index contributed by atoms with van der Waals surface area (Å²) in [6.45, 7) is 5.97. The molecule has 1 aliphatic rings. The molecule has 1 aromatic rings. The molecule has 1 atom stereocenters. The average molecular weight is 248 g/mol. The Kier molecular flexibility index (Phi) is 4.07. The summed E-state index contributed by atoms with van der Waals surface area (Å²) in [6, 6.07) is 7.88. The molecule has 0 bridgehead atoms. The molecule has 1 aromatic carbocycles. The molecule has 0 spiro atoms. The van der Waals surface area contributed by atoms with Crippen LogP contribution >= 0.6 is 0 Å². The number of rotatable bonds is 2. The highest BCUT2D eigenvalue weighted by Gasteiger charge is 2.22. The summed E-state index contributed by atoms with van der Waals surface area (Å²) in [5.74, 6) is 0.885. The predicted octanol–water partition coefficient (Wildman–Crippen LogP) is 2.39. The van der Waals surface area contributed by atoms with Crippen LogP contribution in [0.4, 0.5) is 4.79 Å². The lowest BCUT2D eigenvalue weighted by Crippen LogP contribution is -2.42. The van der Waals surface area contributed by atoms with Crippen LogP contribution in [-0.2, 0) is 6.54 Å². The maximum atomic E-state index is 12.0. The number of urea groups is 1. The lowest BCUT2D eigenvalue weighted by molar-refractivity contribution is 0.158. The van der Waals surface area contributed by atoms with Crippen LogP contribution < -0.4 is 10.1 Å². The first-order valence-electron chi connectivity index (χ1n) is 6.48. The molecule has 1 heterocycles. The third-order valence-electron chi connectivity index (χ3n) is 2.95. The molecule has 1 unspecified atom stereocenters. The zero-order chi connectivity index (χ0) is 13.0. The Balaban J connectivity index is 2.12. The van der Waals surface area contributed by atoms with Gasteiger partial charge >= 0.3 is 6.03 Å². The second kappa shape index (κ2) is 5.76. The summed E-state index contributed by atoms with van der Waals surface area (Å²) in [4.78, 5) is 13.8. The van der Waals surface area contributed by atoms with Crippen LogP contribution in [0.2, 0.25) is 0 Å². The third kappa shape index (κ3) is 2.94. The van der Waals surface area contributed by atoms with Crippen molar-refractivity contribution in [2.45, 2.75) is 32.9 Å². The number of carbonyl (C=O) groups excluding carboxylic acids is 1. The minimum Gasteiger partial charge on any atom is -0.489 e. The molecule has 2 amide bonds. The van der Waals surface area contributed by atoms with E-state index in [0.717, 1.165) is 17.7 Å². The highest BCUT2D eigenvalue weighted by Crippen LogP contribution is 2.24. The van der Waals surface area contributed by atoms with E-state index in [1.807, 2.05) is 43.0 Å². The predicted molar refractivity (Wildman–Crippen MR) is 70.6 cm³/mol. The van der Waals surface area contributed by atoms with Gasteiger partial charge in [-0.15, -0.1) is 0 Å². The molecule has 18 heavy (non-hydrogen) atoms. The molecule has 0 radical (unpaired) electrons. The summed E-state index contributed by atoms with van der Waals surface area (Å²) in [5, 5.41) is 2.91. The Hall–Kier alpha value is -1.71. The smallest absolute Gasteiger partial charge is 0.317 e. The van der Waals surface area contributed by atoms with Crippen molar-refractivity contribution in [3.05, 3.63) is 29.8 Å². The number of carbonyl (C=O) groups is 1. The van der Waals surface area contributed by atoms with Crippen LogP contribution in [0, 0.1) is 0 Å². The van der Waals surface area contributed by atoms with Crippen molar-refractivity contribution in [3.8, 4) is 5.75 Å². The van der Waals surface area contributed by atoms with E-state index in [1.54, 1.807) is 0 Å². The van der Waals surface area contributed by atoms with E-state index in [1.165, 1.54) is 0 Å². The average Bonchev–Trinajstić information content (AvgIpc) is 2.53. The SMILES string of the molecule is CCCNC(=O)N1Cc2ccccc2OC(C)C1. The van der Waals surface area contributed by atoms with Crippen LogP contribution in [0.1, 0.15) is 25.8 Å². The molecule has 0 saturated carbocycles. The molecule has 1 aliphatic heterocycles. The Morgan fingerprint density at radius 3 is 3.06 bits per heavy atom. The second-order valence-corrected chi connectivity index (χ2v) is 4.65. The van der Waals surface area contributed by atoms with Gasteiger partial charge in [0.05, 0.1) is 13.1 Å². The van der Waals surface area contributed by atoms with Crippen LogP contribution in [0.25, 0.3) is 0 Å². The molecule has 1 N–H and O–H groups in total. The minimum atomic E-state index is -0.0102. The fourth-order valence-corrected chi connectivity index (χ4v) is 2.08. The Morgan fingerprint density at radius 2 is 2.28 bits per heavy atom. The van der Waals surface area contributed by atoms with Gasteiger partial charge in [-0.3, -0.25) is 0 Å². The molecule has 0 aromatic heterocycles. The van der Waals surface area contributed by atoms with Crippen molar-refractivity contribution >= 4 is 6.03 Å². The highest BCUT2D eigenvalue weighted by atomic mass is 16.5. The second-order valence-electron chi connectivity index (χ2n) is 4.65. The molecule has 2 rings (SSSR count). The topological polar surface area (TPSA) is 41.6 Å². The molecule has 0 fully saturated rings. The quantitative estimate of drug-likeness (QED) is 0.873. The molecule has 98 valence electrons. The van der Waals surface area contributed by atoms with Gasteiger partial charge in [-0.05, 0) is 19.4 Å². The number of fused-ring (bicyclic) bond motifs is 1. The van der Waals surface area contributed by atoms with Gasteiger partial charge in [0.25, 0.3) is 0 Å². The summed E-state index contributed by atoms with van der Waals surface area (Å²) >= 11 is 0. The van der Waals surface area contributed by atoms with Crippen LogP contribution in [0.5, 0.6) is 5.75 Å². The first kappa shape index (κ1) is 12.7. The maximum absolute atomic E-state index is 12.0. The minimum absolute atomic E-state index is 0.0102. The van der Waals surface area contributed by atoms with E-state index in [4.69, 9.17) is 4.74 Å². The molecule has 4 heteroatoms. The standard InChI is InChI=1S/C14H20N2O2/c1-3-8-15-14(17)16-9-11(2)18-13-7-5-4-6-12(13)10-16/h4-7,11H,3,8-10H2,1-2H3,(H,15,17). The van der Waals surface area contributed by atoms with Crippen LogP contribution in [0.15, 0.2) is 24.3 Å². The number of nitrogens with one attached hydrogen (secondary N) is 1. The van der Waals surface area contributed by atoms with Crippen LogP contribution in [0.3, 0.4) is 0 Å². The van der Waals surface area contributed by atoms with Crippen LogP contribution in [-0.4, -0.2) is 30.1 Å². The number of para-hydroxylation sites is 1. The van der Waals surface area contributed by atoms with Gasteiger partial charge in [0.1, 0.15) is 11.9 Å². The Bertz CT molecular complexity index is 420. The van der Waals surface area contributed by atoms with Gasteiger partial charge in [-0.1, -0.05) is 25.1 Å². The van der Waals surface area contributed by atoms with E-state index >= 15 is 0 Å². The molecule has 4 nitrogen and oxygen atoms in total. The zero-order valence-electron chi connectivity index (χ0n) is 11.0. The van der Waals surface area contributed by atoms with E-state index in [2.05, 4.69) is 5.32 Å². The van der Waals surface area contributed by atoms with Crippen molar-refractivity contribution in [1.82, 2.24) is 10.2 Å². The monoisotopic (exact) mass is 248 g/mol. The summed E-state index contributed by atoms with van der Waals surface area (Å²) in [5.41, 5.74) is 1.06. The Morgan fingerprint density at radius 1 is 1.50 bits per heavy atom. The van der Waals surface area contributed by atoms with Gasteiger partial charge < -0.3 is 15.0 Å². The fourth-order valence-electron chi connectivity index (χ4n) is 2.08. The van der Waals surface area contributed by atoms with E-state index in [0.29, 0.717) is 19.6 Å². The number of benzene rings is 1. The first-order valence-corrected chi connectivity index (χ1v) is 6.48. The van der Waals surface area contributed by atoms with Gasteiger partial charge in [-0.25, -0.2) is 4.79 Å².